The topological polar surface area (TPSA) is 20.1 Å². The SMILES string of the molecule is O=[C]N1c2ccccc21. The molecule has 0 fully saturated rings. The van der Waals surface area contributed by atoms with Gasteiger partial charge in [-0.05, 0) is 12.1 Å². The molecule has 9 heavy (non-hydrogen) atoms. The van der Waals surface area contributed by atoms with Gasteiger partial charge in [0.15, 0.2) is 0 Å². The Hall–Kier alpha value is -1.31. The van der Waals surface area contributed by atoms with E-state index in [1.807, 2.05) is 24.3 Å². The van der Waals surface area contributed by atoms with Gasteiger partial charge in [0.1, 0.15) is 0 Å². The molecule has 1 radical (unpaired) electrons. The van der Waals surface area contributed by atoms with E-state index in [0.29, 0.717) is 0 Å². The van der Waals surface area contributed by atoms with Gasteiger partial charge in [0.2, 0.25) is 0 Å². The number of anilines is 2. The molecule has 0 saturated carbocycles. The van der Waals surface area contributed by atoms with Crippen LogP contribution in [0.5, 0.6) is 0 Å². The molecule has 1 aliphatic rings. The molecule has 0 bridgehead atoms. The highest BCUT2D eigenvalue weighted by Gasteiger charge is 2.27. The second kappa shape index (κ2) is 1.35. The van der Waals surface area contributed by atoms with Crippen LogP contribution in [-0.2, 0) is 4.79 Å². The van der Waals surface area contributed by atoms with Crippen molar-refractivity contribution < 1.29 is 4.79 Å². The first-order chi connectivity index (χ1) is 4.43. The van der Waals surface area contributed by atoms with E-state index in [2.05, 4.69) is 0 Å². The lowest BCUT2D eigenvalue weighted by molar-refractivity contribution is 0.558. The Morgan fingerprint density at radius 3 is 2.22 bits per heavy atom. The summed E-state index contributed by atoms with van der Waals surface area (Å²) in [5.41, 5.74) is 1.96. The van der Waals surface area contributed by atoms with E-state index in [4.69, 9.17) is 0 Å². The monoisotopic (exact) mass is 118 g/mol. The van der Waals surface area contributed by atoms with Gasteiger partial charge in [0, 0.05) is 0 Å². The fourth-order valence-electron chi connectivity index (χ4n) is 0.903. The predicted molar refractivity (Wildman–Crippen MR) is 34.3 cm³/mol. The van der Waals surface area contributed by atoms with Gasteiger partial charge in [0.05, 0.1) is 11.4 Å². The fourth-order valence-corrected chi connectivity index (χ4v) is 0.903. The molecule has 1 amide bonds. The first-order valence-electron chi connectivity index (χ1n) is 2.70. The van der Waals surface area contributed by atoms with E-state index >= 15 is 0 Å². The van der Waals surface area contributed by atoms with Crippen molar-refractivity contribution in [2.24, 2.45) is 0 Å². The second-order valence-electron chi connectivity index (χ2n) is 1.92. The number of carbonyl (C=O) groups excluding carboxylic acids is 1. The molecule has 0 aliphatic carbocycles. The van der Waals surface area contributed by atoms with Crippen molar-refractivity contribution in [3.63, 3.8) is 0 Å². The fraction of sp³-hybridized carbons (Fsp3) is 0. The number of hydrogen-bond donors (Lipinski definition) is 0. The summed E-state index contributed by atoms with van der Waals surface area (Å²) in [6, 6.07) is 7.58. The van der Waals surface area contributed by atoms with E-state index in [1.54, 1.807) is 6.41 Å². The maximum absolute atomic E-state index is 10.0. The van der Waals surface area contributed by atoms with Crippen molar-refractivity contribution in [2.45, 2.75) is 0 Å². The van der Waals surface area contributed by atoms with Crippen LogP contribution < -0.4 is 4.90 Å². The average molecular weight is 118 g/mol. The van der Waals surface area contributed by atoms with Gasteiger partial charge < -0.3 is 0 Å². The Labute approximate surface area is 52.7 Å². The highest BCUT2D eigenvalue weighted by molar-refractivity contribution is 6.07. The lowest BCUT2D eigenvalue weighted by Gasteiger charge is -1.76. The molecule has 0 atom stereocenters. The van der Waals surface area contributed by atoms with Crippen molar-refractivity contribution >= 4 is 17.8 Å². The van der Waals surface area contributed by atoms with Crippen LogP contribution in [0.1, 0.15) is 0 Å². The second-order valence-corrected chi connectivity index (χ2v) is 1.92. The van der Waals surface area contributed by atoms with Crippen molar-refractivity contribution in [3.05, 3.63) is 24.3 Å². The number of para-hydroxylation sites is 2. The number of benzene rings is 1. The smallest absolute Gasteiger partial charge is 0.269 e. The number of amides is 1. The molecule has 1 aliphatic heterocycles. The van der Waals surface area contributed by atoms with Crippen molar-refractivity contribution in [2.75, 3.05) is 4.90 Å². The highest BCUT2D eigenvalue weighted by Crippen LogP contribution is 2.45. The van der Waals surface area contributed by atoms with Gasteiger partial charge in [0.25, 0.3) is 0 Å². The molecule has 2 heteroatoms. The summed E-state index contributed by atoms with van der Waals surface area (Å²) in [5, 5.41) is 0. The lowest BCUT2D eigenvalue weighted by Crippen LogP contribution is -1.90. The molecule has 2 rings (SSSR count). The third kappa shape index (κ3) is 0.470. The molecule has 1 aromatic carbocycles. The summed E-state index contributed by atoms with van der Waals surface area (Å²) in [6.07, 6.45) is 1.79. The van der Waals surface area contributed by atoms with Crippen LogP contribution in [0.25, 0.3) is 0 Å². The average Bonchev–Trinajstić information content (AvgIpc) is 2.60. The van der Waals surface area contributed by atoms with Crippen LogP contribution >= 0.6 is 0 Å². The minimum Gasteiger partial charge on any atom is -0.269 e. The van der Waals surface area contributed by atoms with Crippen molar-refractivity contribution in [1.29, 1.82) is 0 Å². The van der Waals surface area contributed by atoms with Crippen LogP contribution in [0, 0.1) is 0 Å². The van der Waals surface area contributed by atoms with Gasteiger partial charge in [-0.2, -0.15) is 0 Å². The first kappa shape index (κ1) is 4.56. The quantitative estimate of drug-likeness (QED) is 0.507. The Morgan fingerprint density at radius 1 is 1.22 bits per heavy atom. The van der Waals surface area contributed by atoms with Gasteiger partial charge in [-0.15, -0.1) is 0 Å². The standard InChI is InChI=1S/C7H4NO/c9-5-8-6-3-1-2-4-7(6)8/h1-4H. The summed E-state index contributed by atoms with van der Waals surface area (Å²) < 4.78 is 0. The maximum atomic E-state index is 10.0. The largest absolute Gasteiger partial charge is 0.321 e. The molecule has 0 aromatic heterocycles. The molecule has 1 heterocycles. The van der Waals surface area contributed by atoms with E-state index in [1.165, 1.54) is 4.90 Å². The summed E-state index contributed by atoms with van der Waals surface area (Å²) in [7, 11) is 0. The number of rotatable bonds is 1. The van der Waals surface area contributed by atoms with E-state index in [9.17, 15) is 4.79 Å². The maximum Gasteiger partial charge on any atom is 0.321 e. The zero-order chi connectivity index (χ0) is 6.27. The van der Waals surface area contributed by atoms with Crippen LogP contribution in [0.15, 0.2) is 24.3 Å². The van der Waals surface area contributed by atoms with Crippen LogP contribution in [0.3, 0.4) is 0 Å². The number of fused-ring (bicyclic) bond motifs is 1. The van der Waals surface area contributed by atoms with Crippen molar-refractivity contribution in [1.82, 2.24) is 0 Å². The molecular weight excluding hydrogens is 114 g/mol. The van der Waals surface area contributed by atoms with E-state index < -0.39 is 0 Å². The van der Waals surface area contributed by atoms with Crippen LogP contribution in [0.4, 0.5) is 11.4 Å². The molecule has 0 N–H and O–H groups in total. The minimum absolute atomic E-state index is 0.979. The Kier molecular flexibility index (Phi) is 0.681. The Bertz CT molecular complexity index is 234. The Morgan fingerprint density at radius 2 is 1.78 bits per heavy atom. The molecule has 2 nitrogen and oxygen atoms in total. The Balaban J connectivity index is 2.46. The summed E-state index contributed by atoms with van der Waals surface area (Å²) in [5.74, 6) is 0. The highest BCUT2D eigenvalue weighted by atomic mass is 16.1. The molecular formula is C7H4NO. The summed E-state index contributed by atoms with van der Waals surface area (Å²) >= 11 is 0. The normalized spacial score (nSPS) is 12.7. The summed E-state index contributed by atoms with van der Waals surface area (Å²) in [6.45, 7) is 0. The molecule has 0 saturated heterocycles. The minimum atomic E-state index is 0.979. The van der Waals surface area contributed by atoms with Crippen molar-refractivity contribution in [3.8, 4) is 0 Å². The lowest BCUT2D eigenvalue weighted by atomic mass is 10.4. The molecule has 1 aromatic rings. The third-order valence-corrected chi connectivity index (χ3v) is 1.40. The summed E-state index contributed by atoms with van der Waals surface area (Å²) in [4.78, 5) is 11.5. The zero-order valence-electron chi connectivity index (χ0n) is 4.66. The predicted octanol–water partition coefficient (Wildman–Crippen LogP) is 1.21. The van der Waals surface area contributed by atoms with Gasteiger partial charge >= 0.3 is 6.41 Å². The first-order valence-corrected chi connectivity index (χ1v) is 2.70. The van der Waals surface area contributed by atoms with Gasteiger partial charge in [-0.25, -0.2) is 0 Å². The third-order valence-electron chi connectivity index (χ3n) is 1.40. The molecule has 43 valence electrons. The van der Waals surface area contributed by atoms with Gasteiger partial charge in [-0.1, -0.05) is 12.1 Å². The van der Waals surface area contributed by atoms with Gasteiger partial charge in [-0.3, -0.25) is 9.69 Å². The van der Waals surface area contributed by atoms with Crippen LogP contribution in [-0.4, -0.2) is 6.41 Å². The molecule has 0 spiro atoms. The van der Waals surface area contributed by atoms with Crippen LogP contribution in [0.2, 0.25) is 0 Å². The zero-order valence-corrected chi connectivity index (χ0v) is 4.66. The number of hydrogen-bond acceptors (Lipinski definition) is 1. The van der Waals surface area contributed by atoms with E-state index in [-0.39, 0.29) is 0 Å². The molecule has 0 unspecified atom stereocenters. The van der Waals surface area contributed by atoms with E-state index in [0.717, 1.165) is 11.4 Å². The number of nitrogens with zero attached hydrogens (tertiary/aromatic N) is 1.